The molecule has 0 spiro atoms. The van der Waals surface area contributed by atoms with Crippen molar-refractivity contribution in [3.63, 3.8) is 0 Å². The molecule has 2 aromatic carbocycles. The van der Waals surface area contributed by atoms with Crippen molar-refractivity contribution < 1.29 is 14.3 Å². The topological polar surface area (TPSA) is 48.4 Å². The van der Waals surface area contributed by atoms with Crippen molar-refractivity contribution in [1.29, 1.82) is 0 Å². The summed E-state index contributed by atoms with van der Waals surface area (Å²) in [6.45, 7) is 2.33. The van der Waals surface area contributed by atoms with E-state index in [1.807, 2.05) is 30.3 Å². The first-order chi connectivity index (χ1) is 12.1. The largest absolute Gasteiger partial charge is 0.488 e. The molecular weight excluding hydrogens is 361 g/mol. The van der Waals surface area contributed by atoms with E-state index in [1.165, 1.54) is 0 Å². The number of benzene rings is 2. The number of carbonyl (C=O) groups excluding carboxylic acids is 1. The lowest BCUT2D eigenvalue weighted by atomic mass is 10.1. The lowest BCUT2D eigenvalue weighted by Gasteiger charge is -2.12. The van der Waals surface area contributed by atoms with Gasteiger partial charge in [0.25, 0.3) is 0 Å². The number of carbonyl (C=O) groups is 1. The Labute approximate surface area is 155 Å². The first-order valence-electron chi connectivity index (χ1n) is 7.72. The number of esters is 1. The molecule has 0 fully saturated rings. The Kier molecular flexibility index (Phi) is 5.41. The average Bonchev–Trinajstić information content (AvgIpc) is 2.60. The highest BCUT2D eigenvalue weighted by Gasteiger charge is 2.17. The van der Waals surface area contributed by atoms with Crippen LogP contribution in [-0.4, -0.2) is 17.6 Å². The number of ether oxygens (including phenoxy) is 2. The average molecular weight is 376 g/mol. The summed E-state index contributed by atoms with van der Waals surface area (Å²) >= 11 is 12.4. The molecule has 25 heavy (non-hydrogen) atoms. The quantitative estimate of drug-likeness (QED) is 0.567. The zero-order valence-corrected chi connectivity index (χ0v) is 15.0. The van der Waals surface area contributed by atoms with Crippen LogP contribution >= 0.6 is 23.2 Å². The Morgan fingerprint density at radius 1 is 1.12 bits per heavy atom. The molecule has 1 aromatic heterocycles. The van der Waals surface area contributed by atoms with Crippen molar-refractivity contribution in [2.45, 2.75) is 13.5 Å². The van der Waals surface area contributed by atoms with E-state index < -0.39 is 5.97 Å². The van der Waals surface area contributed by atoms with E-state index in [9.17, 15) is 4.79 Å². The standard InChI is InChI=1S/C19H15Cl2NO3/c1-2-24-19(23)16-10-17(25-11-12-6-4-3-5-7-12)18-14(21)8-13(20)9-15(18)22-16/h3-10H,2,11H2,1H3. The molecule has 0 unspecified atom stereocenters. The predicted molar refractivity (Wildman–Crippen MR) is 98.5 cm³/mol. The van der Waals surface area contributed by atoms with Crippen molar-refractivity contribution in [1.82, 2.24) is 4.98 Å². The van der Waals surface area contributed by atoms with Crippen molar-refractivity contribution in [3.8, 4) is 5.75 Å². The smallest absolute Gasteiger partial charge is 0.357 e. The third-order valence-corrected chi connectivity index (χ3v) is 4.03. The predicted octanol–water partition coefficient (Wildman–Crippen LogP) is 5.30. The van der Waals surface area contributed by atoms with Gasteiger partial charge >= 0.3 is 5.97 Å². The van der Waals surface area contributed by atoms with Crippen LogP contribution in [0.5, 0.6) is 5.75 Å². The van der Waals surface area contributed by atoms with E-state index in [2.05, 4.69) is 4.98 Å². The highest BCUT2D eigenvalue weighted by molar-refractivity contribution is 6.39. The summed E-state index contributed by atoms with van der Waals surface area (Å²) in [5.41, 5.74) is 1.62. The zero-order valence-electron chi connectivity index (χ0n) is 13.5. The number of hydrogen-bond donors (Lipinski definition) is 0. The Bertz CT molecular complexity index is 913. The van der Waals surface area contributed by atoms with Crippen molar-refractivity contribution in [2.24, 2.45) is 0 Å². The van der Waals surface area contributed by atoms with Gasteiger partial charge in [0.1, 0.15) is 12.4 Å². The molecule has 0 atom stereocenters. The molecule has 0 aliphatic rings. The fourth-order valence-corrected chi connectivity index (χ4v) is 2.99. The van der Waals surface area contributed by atoms with E-state index in [0.717, 1.165) is 5.56 Å². The number of aromatic nitrogens is 1. The first-order valence-corrected chi connectivity index (χ1v) is 8.47. The van der Waals surface area contributed by atoms with Crippen molar-refractivity contribution >= 4 is 40.1 Å². The fourth-order valence-electron chi connectivity index (χ4n) is 2.41. The van der Waals surface area contributed by atoms with Crippen LogP contribution in [0, 0.1) is 0 Å². The molecule has 0 saturated heterocycles. The van der Waals surface area contributed by atoms with E-state index in [0.29, 0.717) is 33.3 Å². The number of hydrogen-bond acceptors (Lipinski definition) is 4. The van der Waals surface area contributed by atoms with Gasteiger partial charge in [0.05, 0.1) is 22.5 Å². The van der Waals surface area contributed by atoms with Crippen LogP contribution < -0.4 is 4.74 Å². The molecule has 128 valence electrons. The molecule has 4 nitrogen and oxygen atoms in total. The van der Waals surface area contributed by atoms with Crippen LogP contribution in [0.25, 0.3) is 10.9 Å². The molecule has 0 amide bonds. The summed E-state index contributed by atoms with van der Waals surface area (Å²) in [5.74, 6) is -0.0661. The van der Waals surface area contributed by atoms with Crippen LogP contribution in [-0.2, 0) is 11.3 Å². The van der Waals surface area contributed by atoms with Gasteiger partial charge < -0.3 is 9.47 Å². The maximum absolute atomic E-state index is 12.1. The van der Waals surface area contributed by atoms with E-state index in [4.69, 9.17) is 32.7 Å². The number of halogens is 2. The number of pyridine rings is 1. The van der Waals surface area contributed by atoms with Crippen LogP contribution in [0.2, 0.25) is 10.0 Å². The third kappa shape index (κ3) is 4.03. The Balaban J connectivity index is 2.05. The summed E-state index contributed by atoms with van der Waals surface area (Å²) in [5, 5.41) is 1.45. The van der Waals surface area contributed by atoms with Gasteiger partial charge in [-0.1, -0.05) is 53.5 Å². The molecule has 0 N–H and O–H groups in total. The summed E-state index contributed by atoms with van der Waals surface area (Å²) in [6.07, 6.45) is 0. The maximum atomic E-state index is 12.1. The van der Waals surface area contributed by atoms with Gasteiger partial charge in [0.2, 0.25) is 0 Å². The molecule has 6 heteroatoms. The Hall–Kier alpha value is -2.30. The molecule has 3 aromatic rings. The minimum absolute atomic E-state index is 0.149. The summed E-state index contributed by atoms with van der Waals surface area (Å²) in [7, 11) is 0. The maximum Gasteiger partial charge on any atom is 0.357 e. The molecular formula is C19H15Cl2NO3. The third-order valence-electron chi connectivity index (χ3n) is 3.51. The Morgan fingerprint density at radius 3 is 2.60 bits per heavy atom. The van der Waals surface area contributed by atoms with Crippen molar-refractivity contribution in [3.05, 3.63) is 69.8 Å². The lowest BCUT2D eigenvalue weighted by Crippen LogP contribution is -2.08. The first kappa shape index (κ1) is 17.5. The molecule has 0 aliphatic carbocycles. The van der Waals surface area contributed by atoms with Gasteiger partial charge in [-0.05, 0) is 24.6 Å². The molecule has 0 bridgehead atoms. The van der Waals surface area contributed by atoms with Crippen LogP contribution in [0.15, 0.2) is 48.5 Å². The SMILES string of the molecule is CCOC(=O)c1cc(OCc2ccccc2)c2c(Cl)cc(Cl)cc2n1. The highest BCUT2D eigenvalue weighted by atomic mass is 35.5. The second kappa shape index (κ2) is 7.72. The van der Waals surface area contributed by atoms with Gasteiger partial charge in [-0.3, -0.25) is 0 Å². The molecule has 3 rings (SSSR count). The summed E-state index contributed by atoms with van der Waals surface area (Å²) in [6, 6.07) is 14.5. The van der Waals surface area contributed by atoms with E-state index >= 15 is 0 Å². The van der Waals surface area contributed by atoms with Crippen molar-refractivity contribution in [2.75, 3.05) is 6.61 Å². The van der Waals surface area contributed by atoms with Gasteiger partial charge in [0.15, 0.2) is 5.69 Å². The molecule has 1 heterocycles. The second-order valence-corrected chi connectivity index (χ2v) is 6.13. The minimum atomic E-state index is -0.523. The number of nitrogens with zero attached hydrogens (tertiary/aromatic N) is 1. The van der Waals surface area contributed by atoms with Crippen LogP contribution in [0.4, 0.5) is 0 Å². The normalized spacial score (nSPS) is 10.7. The van der Waals surface area contributed by atoms with Gasteiger partial charge in [-0.2, -0.15) is 0 Å². The van der Waals surface area contributed by atoms with Crippen LogP contribution in [0.1, 0.15) is 23.0 Å². The molecule has 0 radical (unpaired) electrons. The minimum Gasteiger partial charge on any atom is -0.488 e. The van der Waals surface area contributed by atoms with Gasteiger partial charge in [-0.15, -0.1) is 0 Å². The monoisotopic (exact) mass is 375 g/mol. The molecule has 0 saturated carbocycles. The van der Waals surface area contributed by atoms with E-state index in [-0.39, 0.29) is 12.3 Å². The number of rotatable bonds is 5. The van der Waals surface area contributed by atoms with Gasteiger partial charge in [0, 0.05) is 11.1 Å². The summed E-state index contributed by atoms with van der Waals surface area (Å²) < 4.78 is 11.0. The van der Waals surface area contributed by atoms with E-state index in [1.54, 1.807) is 25.1 Å². The highest BCUT2D eigenvalue weighted by Crippen LogP contribution is 2.35. The fraction of sp³-hybridized carbons (Fsp3) is 0.158. The molecule has 0 aliphatic heterocycles. The Morgan fingerprint density at radius 2 is 1.88 bits per heavy atom. The second-order valence-electron chi connectivity index (χ2n) is 5.28. The number of fused-ring (bicyclic) bond motifs is 1. The lowest BCUT2D eigenvalue weighted by molar-refractivity contribution is 0.0519. The zero-order chi connectivity index (χ0) is 17.8. The van der Waals surface area contributed by atoms with Crippen LogP contribution in [0.3, 0.4) is 0 Å². The summed E-state index contributed by atoms with van der Waals surface area (Å²) in [4.78, 5) is 16.4. The van der Waals surface area contributed by atoms with Gasteiger partial charge in [-0.25, -0.2) is 9.78 Å².